The third-order valence-corrected chi connectivity index (χ3v) is 3.49. The molecule has 1 aliphatic rings. The first-order valence-electron chi connectivity index (χ1n) is 6.68. The minimum Gasteiger partial charge on any atom is -0.363 e. The topological polar surface area (TPSA) is 63.2 Å². The largest absolute Gasteiger partial charge is 0.363 e. The predicted molar refractivity (Wildman–Crippen MR) is 77.6 cm³/mol. The van der Waals surface area contributed by atoms with Crippen molar-refractivity contribution in [3.8, 4) is 0 Å². The van der Waals surface area contributed by atoms with E-state index in [1.807, 2.05) is 30.3 Å². The molecule has 1 amide bonds. The van der Waals surface area contributed by atoms with Crippen LogP contribution in [0, 0.1) is 0 Å². The quantitative estimate of drug-likeness (QED) is 0.870. The highest BCUT2D eigenvalue weighted by Gasteiger charge is 2.36. The number of nitrogens with one attached hydrogen (secondary N) is 2. The molecule has 5 nitrogen and oxygen atoms in total. The Morgan fingerprint density at radius 3 is 3.10 bits per heavy atom. The van der Waals surface area contributed by atoms with Crippen molar-refractivity contribution in [2.24, 2.45) is 0 Å². The van der Waals surface area contributed by atoms with Gasteiger partial charge in [0.25, 0.3) is 5.91 Å². The number of para-hydroxylation sites is 1. The van der Waals surface area contributed by atoms with E-state index in [1.165, 1.54) is 0 Å². The van der Waals surface area contributed by atoms with E-state index in [-0.39, 0.29) is 5.91 Å². The first-order chi connectivity index (χ1) is 9.67. The minimum absolute atomic E-state index is 0.151. The number of carbonyl (C=O) groups is 1. The number of amides is 1. The number of aromatic nitrogens is 1. The lowest BCUT2D eigenvalue weighted by atomic mass is 10.0. The van der Waals surface area contributed by atoms with Crippen molar-refractivity contribution in [3.63, 3.8) is 0 Å². The van der Waals surface area contributed by atoms with Crippen LogP contribution in [0.4, 0.5) is 5.69 Å². The Kier molecular flexibility index (Phi) is 3.38. The lowest BCUT2D eigenvalue weighted by Gasteiger charge is -2.32. The molecule has 0 radical (unpaired) electrons. The highest BCUT2D eigenvalue weighted by atomic mass is 16.5. The summed E-state index contributed by atoms with van der Waals surface area (Å²) in [5.41, 5.74) is 0.764. The summed E-state index contributed by atoms with van der Waals surface area (Å²) in [7, 11) is 0. The van der Waals surface area contributed by atoms with Gasteiger partial charge in [-0.05, 0) is 19.1 Å². The fourth-order valence-electron chi connectivity index (χ4n) is 2.27. The molecule has 2 aromatic rings. The Bertz CT molecular complexity index is 636. The molecule has 5 heteroatoms. The second-order valence-electron chi connectivity index (χ2n) is 5.13. The Hall–Kier alpha value is -1.98. The highest BCUT2D eigenvalue weighted by molar-refractivity contribution is 5.98. The number of carbonyl (C=O) groups excluding carboxylic acids is 1. The van der Waals surface area contributed by atoms with Gasteiger partial charge in [-0.1, -0.05) is 18.2 Å². The van der Waals surface area contributed by atoms with Crippen LogP contribution in [-0.2, 0) is 9.53 Å². The molecule has 2 N–H and O–H groups in total. The fourth-order valence-corrected chi connectivity index (χ4v) is 2.27. The zero-order valence-corrected chi connectivity index (χ0v) is 11.3. The van der Waals surface area contributed by atoms with Gasteiger partial charge < -0.3 is 15.4 Å². The van der Waals surface area contributed by atoms with Crippen LogP contribution in [-0.4, -0.2) is 36.2 Å². The number of nitrogens with zero attached hydrogens (tertiary/aromatic N) is 1. The van der Waals surface area contributed by atoms with Gasteiger partial charge in [0.1, 0.15) is 0 Å². The van der Waals surface area contributed by atoms with E-state index < -0.39 is 5.60 Å². The third-order valence-electron chi connectivity index (χ3n) is 3.49. The zero-order valence-electron chi connectivity index (χ0n) is 11.3. The summed E-state index contributed by atoms with van der Waals surface area (Å²) in [6.07, 6.45) is 1.67. The molecule has 1 fully saturated rings. The van der Waals surface area contributed by atoms with Gasteiger partial charge in [0.2, 0.25) is 0 Å². The van der Waals surface area contributed by atoms with Crippen LogP contribution in [0.2, 0.25) is 0 Å². The number of benzene rings is 1. The molecule has 0 aliphatic carbocycles. The number of hydrogen-bond donors (Lipinski definition) is 2. The molecule has 1 saturated heterocycles. The maximum absolute atomic E-state index is 12.3. The summed E-state index contributed by atoms with van der Waals surface area (Å²) in [5.74, 6) is -0.151. The molecule has 0 bridgehead atoms. The van der Waals surface area contributed by atoms with Crippen molar-refractivity contribution >= 4 is 22.5 Å². The number of pyridine rings is 1. The van der Waals surface area contributed by atoms with Gasteiger partial charge in [0.05, 0.1) is 24.0 Å². The van der Waals surface area contributed by atoms with Gasteiger partial charge in [-0.2, -0.15) is 0 Å². The van der Waals surface area contributed by atoms with Crippen LogP contribution < -0.4 is 10.6 Å². The van der Waals surface area contributed by atoms with E-state index in [0.29, 0.717) is 18.8 Å². The molecule has 0 spiro atoms. The molecule has 0 saturated carbocycles. The lowest BCUT2D eigenvalue weighted by molar-refractivity contribution is -0.142. The van der Waals surface area contributed by atoms with E-state index in [1.54, 1.807) is 13.1 Å². The number of anilines is 1. The minimum atomic E-state index is -0.829. The SMILES string of the molecule is CC1(C(=O)Nc2cnc3ccccc3c2)CNCCO1. The van der Waals surface area contributed by atoms with Crippen molar-refractivity contribution < 1.29 is 9.53 Å². The zero-order chi connectivity index (χ0) is 14.0. The monoisotopic (exact) mass is 271 g/mol. The first-order valence-corrected chi connectivity index (χ1v) is 6.68. The number of fused-ring (bicyclic) bond motifs is 1. The van der Waals surface area contributed by atoms with Crippen molar-refractivity contribution in [1.82, 2.24) is 10.3 Å². The van der Waals surface area contributed by atoms with Crippen LogP contribution in [0.3, 0.4) is 0 Å². The Labute approximate surface area is 117 Å². The van der Waals surface area contributed by atoms with Crippen molar-refractivity contribution in [1.29, 1.82) is 0 Å². The normalized spacial score (nSPS) is 22.6. The molecule has 1 aliphatic heterocycles. The second-order valence-corrected chi connectivity index (χ2v) is 5.13. The fraction of sp³-hybridized carbons (Fsp3) is 0.333. The average molecular weight is 271 g/mol. The number of ether oxygens (including phenoxy) is 1. The van der Waals surface area contributed by atoms with Crippen molar-refractivity contribution in [3.05, 3.63) is 36.5 Å². The molecule has 3 rings (SSSR count). The average Bonchev–Trinajstić information content (AvgIpc) is 2.48. The molecule has 104 valence electrons. The molecule has 1 atom stereocenters. The molecular weight excluding hydrogens is 254 g/mol. The van der Waals surface area contributed by atoms with Crippen molar-refractivity contribution in [2.75, 3.05) is 25.0 Å². The van der Waals surface area contributed by atoms with Gasteiger partial charge in [0, 0.05) is 18.5 Å². The first kappa shape index (κ1) is 13.0. The van der Waals surface area contributed by atoms with E-state index in [0.717, 1.165) is 17.4 Å². The van der Waals surface area contributed by atoms with Gasteiger partial charge in [0.15, 0.2) is 5.60 Å². The highest BCUT2D eigenvalue weighted by Crippen LogP contribution is 2.19. The van der Waals surface area contributed by atoms with Crippen molar-refractivity contribution in [2.45, 2.75) is 12.5 Å². The standard InChI is InChI=1S/C15H17N3O2/c1-15(10-16-6-7-20-15)14(19)18-12-8-11-4-2-3-5-13(11)17-9-12/h2-5,8-9,16H,6-7,10H2,1H3,(H,18,19). The van der Waals surface area contributed by atoms with Gasteiger partial charge in [-0.3, -0.25) is 9.78 Å². The van der Waals surface area contributed by atoms with Crippen LogP contribution >= 0.6 is 0 Å². The summed E-state index contributed by atoms with van der Waals surface area (Å²) < 4.78 is 5.59. The van der Waals surface area contributed by atoms with Crippen LogP contribution in [0.15, 0.2) is 36.5 Å². The Morgan fingerprint density at radius 2 is 2.30 bits per heavy atom. The van der Waals surface area contributed by atoms with Gasteiger partial charge >= 0.3 is 0 Å². The molecule has 20 heavy (non-hydrogen) atoms. The summed E-state index contributed by atoms with van der Waals surface area (Å²) in [4.78, 5) is 16.7. The molecule has 2 heterocycles. The van der Waals surface area contributed by atoms with Gasteiger partial charge in [-0.25, -0.2) is 0 Å². The summed E-state index contributed by atoms with van der Waals surface area (Å²) in [6.45, 7) is 3.63. The van der Waals surface area contributed by atoms with Crippen LogP contribution in [0.1, 0.15) is 6.92 Å². The van der Waals surface area contributed by atoms with Crippen LogP contribution in [0.25, 0.3) is 10.9 Å². The summed E-state index contributed by atoms with van der Waals surface area (Å²) in [5, 5.41) is 7.05. The molecule has 1 unspecified atom stereocenters. The van der Waals surface area contributed by atoms with E-state index in [9.17, 15) is 4.79 Å². The number of rotatable bonds is 2. The smallest absolute Gasteiger partial charge is 0.257 e. The summed E-state index contributed by atoms with van der Waals surface area (Å²) >= 11 is 0. The maximum atomic E-state index is 12.3. The lowest BCUT2D eigenvalue weighted by Crippen LogP contribution is -2.55. The molecular formula is C15H17N3O2. The van der Waals surface area contributed by atoms with E-state index >= 15 is 0 Å². The van der Waals surface area contributed by atoms with E-state index in [4.69, 9.17) is 4.74 Å². The molecule has 1 aromatic carbocycles. The second kappa shape index (κ2) is 5.19. The van der Waals surface area contributed by atoms with E-state index in [2.05, 4.69) is 15.6 Å². The molecule has 1 aromatic heterocycles. The van der Waals surface area contributed by atoms with Crippen LogP contribution in [0.5, 0.6) is 0 Å². The maximum Gasteiger partial charge on any atom is 0.257 e. The van der Waals surface area contributed by atoms with Gasteiger partial charge in [-0.15, -0.1) is 0 Å². The Morgan fingerprint density at radius 1 is 1.45 bits per heavy atom. The third kappa shape index (κ3) is 2.50. The number of hydrogen-bond acceptors (Lipinski definition) is 4. The number of morpholine rings is 1. The summed E-state index contributed by atoms with van der Waals surface area (Å²) in [6, 6.07) is 9.72. The Balaban J connectivity index is 1.80. The predicted octanol–water partition coefficient (Wildman–Crippen LogP) is 1.55.